The summed E-state index contributed by atoms with van der Waals surface area (Å²) < 4.78 is 26.6. The molecule has 5 nitrogen and oxygen atoms in total. The number of hydrogen-bond donors (Lipinski definition) is 3. The van der Waals surface area contributed by atoms with Gasteiger partial charge in [0, 0.05) is 19.0 Å². The van der Waals surface area contributed by atoms with Gasteiger partial charge in [0.2, 0.25) is 5.91 Å². The number of nitrogen functional groups attached to an aromatic ring is 1. The van der Waals surface area contributed by atoms with E-state index in [2.05, 4.69) is 10.6 Å². The highest BCUT2D eigenvalue weighted by molar-refractivity contribution is 5.95. The second kappa shape index (κ2) is 6.83. The first kappa shape index (κ1) is 15.9. The maximum atomic E-state index is 13.6. The van der Waals surface area contributed by atoms with Crippen LogP contribution < -0.4 is 16.4 Å². The van der Waals surface area contributed by atoms with Crippen molar-refractivity contribution >= 4 is 17.5 Å². The molecule has 0 saturated carbocycles. The largest absolute Gasteiger partial charge is 0.396 e. The Labute approximate surface area is 115 Å². The van der Waals surface area contributed by atoms with E-state index >= 15 is 0 Å². The Morgan fingerprint density at radius 2 is 1.95 bits per heavy atom. The molecule has 0 spiro atoms. The van der Waals surface area contributed by atoms with Crippen LogP contribution in [0.4, 0.5) is 14.5 Å². The lowest BCUT2D eigenvalue weighted by Gasteiger charge is -2.10. The molecule has 1 rings (SSSR count). The second-order valence-electron chi connectivity index (χ2n) is 4.58. The summed E-state index contributed by atoms with van der Waals surface area (Å²) in [6.45, 7) is 3.63. The van der Waals surface area contributed by atoms with Crippen LogP contribution in [0.15, 0.2) is 12.1 Å². The van der Waals surface area contributed by atoms with Gasteiger partial charge in [-0.25, -0.2) is 8.78 Å². The lowest BCUT2D eigenvalue weighted by molar-refractivity contribution is -0.121. The van der Waals surface area contributed by atoms with Crippen LogP contribution in [0.1, 0.15) is 30.6 Å². The number of anilines is 1. The number of rotatable bonds is 5. The van der Waals surface area contributed by atoms with Gasteiger partial charge in [-0.1, -0.05) is 0 Å². The molecule has 7 heteroatoms. The molecule has 0 heterocycles. The minimum Gasteiger partial charge on any atom is -0.396 e. The Kier molecular flexibility index (Phi) is 5.42. The lowest BCUT2D eigenvalue weighted by atomic mass is 10.1. The third-order valence-corrected chi connectivity index (χ3v) is 2.40. The van der Waals surface area contributed by atoms with Crippen LogP contribution in [0.5, 0.6) is 0 Å². The number of carbonyl (C=O) groups is 2. The third kappa shape index (κ3) is 4.49. The van der Waals surface area contributed by atoms with Crippen LogP contribution >= 0.6 is 0 Å². The van der Waals surface area contributed by atoms with Gasteiger partial charge < -0.3 is 16.4 Å². The number of nitrogens with one attached hydrogen (secondary N) is 2. The van der Waals surface area contributed by atoms with Gasteiger partial charge in [0.25, 0.3) is 5.91 Å². The van der Waals surface area contributed by atoms with Gasteiger partial charge in [-0.3, -0.25) is 9.59 Å². The van der Waals surface area contributed by atoms with Crippen molar-refractivity contribution in [1.82, 2.24) is 10.6 Å². The first-order valence-electron chi connectivity index (χ1n) is 6.13. The highest BCUT2D eigenvalue weighted by Gasteiger charge is 2.16. The molecule has 0 bridgehead atoms. The van der Waals surface area contributed by atoms with E-state index in [0.717, 1.165) is 12.1 Å². The maximum Gasteiger partial charge on any atom is 0.254 e. The second-order valence-corrected chi connectivity index (χ2v) is 4.58. The molecule has 4 N–H and O–H groups in total. The first-order chi connectivity index (χ1) is 9.31. The molecule has 1 aromatic rings. The highest BCUT2D eigenvalue weighted by Crippen LogP contribution is 2.17. The molecule has 0 aromatic heterocycles. The number of halogens is 2. The van der Waals surface area contributed by atoms with Crippen molar-refractivity contribution < 1.29 is 18.4 Å². The van der Waals surface area contributed by atoms with Crippen molar-refractivity contribution in [2.45, 2.75) is 26.3 Å². The fraction of sp³-hybridized carbons (Fsp3) is 0.385. The molecular weight excluding hydrogens is 268 g/mol. The van der Waals surface area contributed by atoms with Gasteiger partial charge in [0.15, 0.2) is 5.82 Å². The summed E-state index contributed by atoms with van der Waals surface area (Å²) in [4.78, 5) is 23.0. The molecule has 0 saturated heterocycles. The summed E-state index contributed by atoms with van der Waals surface area (Å²) >= 11 is 0. The smallest absolute Gasteiger partial charge is 0.254 e. The van der Waals surface area contributed by atoms with Gasteiger partial charge >= 0.3 is 0 Å². The fourth-order valence-electron chi connectivity index (χ4n) is 1.55. The summed E-state index contributed by atoms with van der Waals surface area (Å²) in [5.41, 5.74) is 4.31. The number of amides is 2. The average molecular weight is 285 g/mol. The van der Waals surface area contributed by atoms with Crippen LogP contribution in [0, 0.1) is 11.6 Å². The van der Waals surface area contributed by atoms with E-state index in [4.69, 9.17) is 5.73 Å². The zero-order valence-electron chi connectivity index (χ0n) is 11.3. The number of benzene rings is 1. The summed E-state index contributed by atoms with van der Waals surface area (Å²) in [6.07, 6.45) is 0.0519. The van der Waals surface area contributed by atoms with Gasteiger partial charge in [0.05, 0.1) is 11.3 Å². The number of hydrogen-bond acceptors (Lipinski definition) is 3. The van der Waals surface area contributed by atoms with Crippen molar-refractivity contribution in [2.75, 3.05) is 12.3 Å². The molecule has 20 heavy (non-hydrogen) atoms. The molecule has 0 aliphatic rings. The number of carbonyl (C=O) groups excluding carboxylic acids is 2. The van der Waals surface area contributed by atoms with E-state index in [-0.39, 0.29) is 24.9 Å². The fourth-order valence-corrected chi connectivity index (χ4v) is 1.55. The molecule has 0 radical (unpaired) electrons. The van der Waals surface area contributed by atoms with E-state index in [1.165, 1.54) is 0 Å². The Morgan fingerprint density at radius 1 is 1.30 bits per heavy atom. The summed E-state index contributed by atoms with van der Waals surface area (Å²) in [6, 6.07) is 1.55. The minimum atomic E-state index is -0.976. The number of nitrogens with two attached hydrogens (primary N) is 1. The monoisotopic (exact) mass is 285 g/mol. The van der Waals surface area contributed by atoms with E-state index in [1.807, 2.05) is 0 Å². The van der Waals surface area contributed by atoms with Gasteiger partial charge in [-0.2, -0.15) is 0 Å². The van der Waals surface area contributed by atoms with Crippen LogP contribution in [-0.2, 0) is 4.79 Å². The predicted octanol–water partition coefficient (Wildman–Crippen LogP) is 1.19. The van der Waals surface area contributed by atoms with Crippen LogP contribution in [0.2, 0.25) is 0 Å². The molecule has 0 atom stereocenters. The molecule has 0 unspecified atom stereocenters. The van der Waals surface area contributed by atoms with E-state index in [9.17, 15) is 18.4 Å². The van der Waals surface area contributed by atoms with Crippen LogP contribution in [0.3, 0.4) is 0 Å². The van der Waals surface area contributed by atoms with Crippen LogP contribution in [-0.4, -0.2) is 24.4 Å². The van der Waals surface area contributed by atoms with Crippen molar-refractivity contribution in [3.05, 3.63) is 29.3 Å². The van der Waals surface area contributed by atoms with Crippen molar-refractivity contribution in [1.29, 1.82) is 0 Å². The van der Waals surface area contributed by atoms with Crippen LogP contribution in [0.25, 0.3) is 0 Å². The maximum absolute atomic E-state index is 13.6. The predicted molar refractivity (Wildman–Crippen MR) is 71.0 cm³/mol. The SMILES string of the molecule is CC(C)NC(=O)CCNC(=O)c1cc(F)cc(N)c1F. The third-order valence-electron chi connectivity index (χ3n) is 2.40. The van der Waals surface area contributed by atoms with Gasteiger partial charge in [-0.05, 0) is 26.0 Å². The molecule has 0 aliphatic heterocycles. The van der Waals surface area contributed by atoms with E-state index < -0.39 is 28.8 Å². The molecule has 0 aliphatic carbocycles. The minimum absolute atomic E-state index is 0.00124. The molecular formula is C13H17F2N3O2. The van der Waals surface area contributed by atoms with Gasteiger partial charge in [0.1, 0.15) is 5.82 Å². The standard InChI is InChI=1S/C13H17F2N3O2/c1-7(2)18-11(19)3-4-17-13(20)9-5-8(14)6-10(16)12(9)15/h5-7H,3-4,16H2,1-2H3,(H,17,20)(H,18,19). The average Bonchev–Trinajstić information content (AvgIpc) is 2.32. The van der Waals surface area contributed by atoms with Crippen molar-refractivity contribution in [3.63, 3.8) is 0 Å². The summed E-state index contributed by atoms with van der Waals surface area (Å²) in [5, 5.41) is 4.98. The Hall–Kier alpha value is -2.18. The zero-order chi connectivity index (χ0) is 15.3. The summed E-state index contributed by atoms with van der Waals surface area (Å²) in [5.74, 6) is -2.83. The molecule has 110 valence electrons. The van der Waals surface area contributed by atoms with E-state index in [1.54, 1.807) is 13.8 Å². The topological polar surface area (TPSA) is 84.2 Å². The van der Waals surface area contributed by atoms with E-state index in [0.29, 0.717) is 0 Å². The normalized spacial score (nSPS) is 10.4. The highest BCUT2D eigenvalue weighted by atomic mass is 19.1. The Bertz CT molecular complexity index is 519. The first-order valence-corrected chi connectivity index (χ1v) is 6.13. The quantitative estimate of drug-likeness (QED) is 0.711. The van der Waals surface area contributed by atoms with Crippen molar-refractivity contribution in [3.8, 4) is 0 Å². The Balaban J connectivity index is 2.58. The molecule has 0 fully saturated rings. The lowest BCUT2D eigenvalue weighted by Crippen LogP contribution is -2.34. The van der Waals surface area contributed by atoms with Crippen molar-refractivity contribution in [2.24, 2.45) is 0 Å². The molecule has 1 aromatic carbocycles. The van der Waals surface area contributed by atoms with Gasteiger partial charge in [-0.15, -0.1) is 0 Å². The zero-order valence-corrected chi connectivity index (χ0v) is 11.3. The molecule has 2 amide bonds. The summed E-state index contributed by atoms with van der Waals surface area (Å²) in [7, 11) is 0. The Morgan fingerprint density at radius 3 is 2.55 bits per heavy atom.